The Morgan fingerprint density at radius 2 is 1.08 bits per heavy atom. The summed E-state index contributed by atoms with van der Waals surface area (Å²) < 4.78 is 31.7. The SMILES string of the molecule is O=C(CCCCCCC(=O)Nc1ccc(CNC(=O)OCCOCCOCCOC(=O)NCCOCCOCCCCCCCl)cc1)NO. The average Bonchev–Trinajstić information content (AvgIpc) is 3.10. The number of halogens is 1. The molecule has 0 fully saturated rings. The maximum atomic E-state index is 12.1. The summed E-state index contributed by atoms with van der Waals surface area (Å²) in [6.07, 6.45) is 6.81. The van der Waals surface area contributed by atoms with E-state index in [9.17, 15) is 19.2 Å². The highest BCUT2D eigenvalue weighted by atomic mass is 35.5. The second-order valence-corrected chi connectivity index (χ2v) is 11.2. The van der Waals surface area contributed by atoms with E-state index in [0.29, 0.717) is 77.0 Å². The fraction of sp³-hybridized carbons (Fsp3) is 0.697. The third-order valence-electron chi connectivity index (χ3n) is 6.71. The van der Waals surface area contributed by atoms with Crippen LogP contribution in [-0.2, 0) is 44.6 Å². The Balaban J connectivity index is 1.90. The molecule has 0 saturated heterocycles. The zero-order valence-corrected chi connectivity index (χ0v) is 29.2. The summed E-state index contributed by atoms with van der Waals surface area (Å²) in [7, 11) is 0. The van der Waals surface area contributed by atoms with E-state index >= 15 is 0 Å². The zero-order valence-electron chi connectivity index (χ0n) is 28.5. The lowest BCUT2D eigenvalue weighted by Crippen LogP contribution is -2.29. The first-order chi connectivity index (χ1) is 23.9. The molecule has 15 nitrogen and oxygen atoms in total. The molecule has 16 heteroatoms. The van der Waals surface area contributed by atoms with Gasteiger partial charge < -0.3 is 44.4 Å². The van der Waals surface area contributed by atoms with Crippen LogP contribution in [0.5, 0.6) is 0 Å². The number of carbonyl (C=O) groups is 4. The summed E-state index contributed by atoms with van der Waals surface area (Å²) in [5.41, 5.74) is 3.09. The minimum Gasteiger partial charge on any atom is -0.447 e. The number of anilines is 1. The molecule has 0 aliphatic heterocycles. The molecule has 1 rings (SSSR count). The average molecular weight is 719 g/mol. The summed E-state index contributed by atoms with van der Waals surface area (Å²) in [5.74, 6) is 0.206. The molecule has 1 aromatic rings. The van der Waals surface area contributed by atoms with Crippen molar-refractivity contribution in [3.8, 4) is 0 Å². The number of benzene rings is 1. The molecule has 0 bridgehead atoms. The number of carbonyl (C=O) groups excluding carboxylic acids is 4. The topological polar surface area (TPSA) is 192 Å². The Kier molecular flexibility index (Phi) is 28.6. The van der Waals surface area contributed by atoms with Gasteiger partial charge in [-0.15, -0.1) is 11.6 Å². The van der Waals surface area contributed by atoms with Crippen molar-refractivity contribution in [3.63, 3.8) is 0 Å². The molecular formula is C33H55ClN4O11. The lowest BCUT2D eigenvalue weighted by atomic mass is 10.1. The van der Waals surface area contributed by atoms with Crippen LogP contribution < -0.4 is 21.4 Å². The van der Waals surface area contributed by atoms with Crippen LogP contribution in [0.15, 0.2) is 24.3 Å². The van der Waals surface area contributed by atoms with Gasteiger partial charge in [0.05, 0.1) is 46.2 Å². The molecule has 0 aromatic heterocycles. The molecule has 0 heterocycles. The van der Waals surface area contributed by atoms with Gasteiger partial charge in [0.25, 0.3) is 0 Å². The minimum absolute atomic E-state index is 0.0737. The van der Waals surface area contributed by atoms with Gasteiger partial charge in [-0.2, -0.15) is 0 Å². The normalized spacial score (nSPS) is 10.7. The maximum absolute atomic E-state index is 12.1. The Labute approximate surface area is 294 Å². The van der Waals surface area contributed by atoms with Gasteiger partial charge in [-0.05, 0) is 43.4 Å². The van der Waals surface area contributed by atoms with E-state index in [1.54, 1.807) is 29.7 Å². The van der Waals surface area contributed by atoms with Crippen LogP contribution in [0, 0.1) is 0 Å². The standard InChI is InChI=1S/C33H55ClN4O11/c34-15-7-3-4-8-17-44-19-20-45-18-16-35-32(41)48-25-23-46-21-22-47-24-26-49-33(42)36-27-28-11-13-29(14-12-28)37-30(39)9-5-1-2-6-10-31(40)38-43/h11-14,43H,1-10,15-27H2,(H,35,41)(H,36,42)(H,37,39)(H,38,40). The molecule has 49 heavy (non-hydrogen) atoms. The third-order valence-corrected chi connectivity index (χ3v) is 6.98. The minimum atomic E-state index is -0.578. The van der Waals surface area contributed by atoms with Gasteiger partial charge in [-0.25, -0.2) is 15.1 Å². The first kappa shape index (κ1) is 43.8. The van der Waals surface area contributed by atoms with E-state index in [-0.39, 0.29) is 45.3 Å². The van der Waals surface area contributed by atoms with Crippen molar-refractivity contribution in [3.05, 3.63) is 29.8 Å². The van der Waals surface area contributed by atoms with Crippen molar-refractivity contribution in [1.29, 1.82) is 0 Å². The highest BCUT2D eigenvalue weighted by molar-refractivity contribution is 6.17. The molecule has 0 aliphatic rings. The second-order valence-electron chi connectivity index (χ2n) is 10.8. The molecule has 0 unspecified atom stereocenters. The Bertz CT molecular complexity index is 1010. The second kappa shape index (κ2) is 32.0. The van der Waals surface area contributed by atoms with Crippen molar-refractivity contribution in [2.45, 2.75) is 70.8 Å². The van der Waals surface area contributed by atoms with Crippen LogP contribution in [0.4, 0.5) is 15.3 Å². The quantitative estimate of drug-likeness (QED) is 0.0319. The molecule has 0 radical (unpaired) electrons. The van der Waals surface area contributed by atoms with E-state index < -0.39 is 18.1 Å². The molecule has 1 aromatic carbocycles. The molecule has 280 valence electrons. The van der Waals surface area contributed by atoms with Gasteiger partial charge in [0, 0.05) is 44.1 Å². The summed E-state index contributed by atoms with van der Waals surface area (Å²) >= 11 is 5.64. The monoisotopic (exact) mass is 718 g/mol. The predicted octanol–water partition coefficient (Wildman–Crippen LogP) is 4.29. The highest BCUT2D eigenvalue weighted by Gasteiger charge is 2.06. The number of amides is 4. The molecule has 0 spiro atoms. The van der Waals surface area contributed by atoms with Gasteiger partial charge >= 0.3 is 12.2 Å². The summed E-state index contributed by atoms with van der Waals surface area (Å²) in [6, 6.07) is 7.11. The molecule has 0 atom stereocenters. The lowest BCUT2D eigenvalue weighted by Gasteiger charge is -2.10. The van der Waals surface area contributed by atoms with Crippen LogP contribution >= 0.6 is 11.6 Å². The highest BCUT2D eigenvalue weighted by Crippen LogP contribution is 2.12. The van der Waals surface area contributed by atoms with Crippen molar-refractivity contribution in [1.82, 2.24) is 16.1 Å². The molecule has 5 N–H and O–H groups in total. The molecule has 0 saturated carbocycles. The number of rotatable bonds is 31. The third kappa shape index (κ3) is 28.3. The number of hydrogen-bond acceptors (Lipinski definition) is 11. The number of alkyl carbamates (subject to hydrolysis) is 2. The summed E-state index contributed by atoms with van der Waals surface area (Å²) in [4.78, 5) is 46.6. The van der Waals surface area contributed by atoms with Crippen LogP contribution in [0.3, 0.4) is 0 Å². The van der Waals surface area contributed by atoms with Crippen LogP contribution in [0.1, 0.15) is 69.8 Å². The predicted molar refractivity (Wildman–Crippen MR) is 183 cm³/mol. The van der Waals surface area contributed by atoms with Gasteiger partial charge in [0.1, 0.15) is 13.2 Å². The number of alkyl halides is 1. The van der Waals surface area contributed by atoms with Crippen LogP contribution in [0.25, 0.3) is 0 Å². The van der Waals surface area contributed by atoms with Crippen molar-refractivity contribution in [2.75, 3.05) is 83.8 Å². The van der Waals surface area contributed by atoms with Gasteiger partial charge in [-0.1, -0.05) is 37.8 Å². The smallest absolute Gasteiger partial charge is 0.407 e. The van der Waals surface area contributed by atoms with E-state index in [1.165, 1.54) is 0 Å². The first-order valence-corrected chi connectivity index (χ1v) is 17.5. The van der Waals surface area contributed by atoms with Gasteiger partial charge in [0.15, 0.2) is 0 Å². The van der Waals surface area contributed by atoms with E-state index in [0.717, 1.165) is 44.1 Å². The van der Waals surface area contributed by atoms with Crippen molar-refractivity contribution in [2.24, 2.45) is 0 Å². The van der Waals surface area contributed by atoms with Gasteiger partial charge in [-0.3, -0.25) is 14.8 Å². The Morgan fingerprint density at radius 1 is 0.571 bits per heavy atom. The van der Waals surface area contributed by atoms with E-state index in [2.05, 4.69) is 16.0 Å². The first-order valence-electron chi connectivity index (χ1n) is 16.9. The number of unbranched alkanes of at least 4 members (excludes halogenated alkanes) is 6. The zero-order chi connectivity index (χ0) is 35.6. The number of hydrogen-bond donors (Lipinski definition) is 5. The Morgan fingerprint density at radius 3 is 1.69 bits per heavy atom. The van der Waals surface area contributed by atoms with Crippen LogP contribution in [0.2, 0.25) is 0 Å². The van der Waals surface area contributed by atoms with E-state index in [4.69, 9.17) is 45.2 Å². The number of ether oxygens (including phenoxy) is 6. The number of nitrogens with one attached hydrogen (secondary N) is 4. The molecule has 4 amide bonds. The summed E-state index contributed by atoms with van der Waals surface area (Å²) in [6.45, 7) is 3.85. The van der Waals surface area contributed by atoms with Gasteiger partial charge in [0.2, 0.25) is 11.8 Å². The fourth-order valence-electron chi connectivity index (χ4n) is 4.09. The van der Waals surface area contributed by atoms with Crippen molar-refractivity contribution >= 4 is 41.3 Å². The lowest BCUT2D eigenvalue weighted by molar-refractivity contribution is -0.129. The van der Waals surface area contributed by atoms with Crippen LogP contribution in [-0.4, -0.2) is 108 Å². The molecular weight excluding hydrogens is 664 g/mol. The van der Waals surface area contributed by atoms with E-state index in [1.807, 2.05) is 0 Å². The fourth-order valence-corrected chi connectivity index (χ4v) is 4.28. The van der Waals surface area contributed by atoms with Crippen molar-refractivity contribution < 1.29 is 52.8 Å². The largest absolute Gasteiger partial charge is 0.447 e. The summed E-state index contributed by atoms with van der Waals surface area (Å²) in [5, 5.41) is 16.5. The maximum Gasteiger partial charge on any atom is 0.407 e. The Hall–Kier alpha value is -3.21. The number of hydroxylamine groups is 1. The molecule has 0 aliphatic carbocycles.